The van der Waals surface area contributed by atoms with Crippen LogP contribution < -0.4 is 0 Å². The molecule has 0 N–H and O–H groups in total. The van der Waals surface area contributed by atoms with Gasteiger partial charge in [0, 0.05) is 40.8 Å². The Morgan fingerprint density at radius 3 is 1.55 bits per heavy atom. The van der Waals surface area contributed by atoms with Crippen LogP contribution in [0.15, 0.2) is 84.9 Å². The number of halogens is 3. The molecule has 6 rings (SSSR count). The first-order chi connectivity index (χ1) is 18.3. The number of Topliss-reactive ketones (excluding diaryl/α,β-unsaturated/α-hetero) is 2. The van der Waals surface area contributed by atoms with Gasteiger partial charge in [-0.2, -0.15) is 0 Å². The zero-order chi connectivity index (χ0) is 26.8. The molecule has 0 aliphatic heterocycles. The summed E-state index contributed by atoms with van der Waals surface area (Å²) in [6.07, 6.45) is 2.93. The quantitative estimate of drug-likeness (QED) is 0.244. The van der Waals surface area contributed by atoms with E-state index in [-0.39, 0.29) is 17.5 Å². The minimum atomic E-state index is 0.226. The minimum Gasteiger partial charge on any atom is -0.294 e. The number of hydrogen-bond donors (Lipinski definition) is 0. The topological polar surface area (TPSA) is 34.1 Å². The van der Waals surface area contributed by atoms with Crippen molar-refractivity contribution < 1.29 is 9.59 Å². The summed E-state index contributed by atoms with van der Waals surface area (Å²) in [5.41, 5.74) is 7.43. The number of benzene rings is 4. The average Bonchev–Trinajstić information content (AvgIpc) is 2.93. The van der Waals surface area contributed by atoms with Crippen molar-refractivity contribution >= 4 is 46.4 Å². The largest absolute Gasteiger partial charge is 0.294 e. The number of carbonyl (C=O) groups is 2. The van der Waals surface area contributed by atoms with Gasteiger partial charge in [0.2, 0.25) is 0 Å². The van der Waals surface area contributed by atoms with Crippen molar-refractivity contribution in [2.24, 2.45) is 0 Å². The van der Waals surface area contributed by atoms with Crippen LogP contribution in [0.4, 0.5) is 0 Å². The zero-order valence-corrected chi connectivity index (χ0v) is 23.3. The molecule has 0 bridgehead atoms. The standard InChI is InChI=1S/C17H15ClO.C16H12Cl2O/c1-11-10-12(6-8-16(11)18)13-7-9-17(19)15-5-3-2-4-14(13)15;17-14-7-5-10(9-15(14)18)11-6-8-16(19)13-4-2-1-3-12(11)13/h2-6,8,10,13H,7,9H2,1H3;1-5,7,9,11H,6,8H2/t13-;11-/m10/s1. The molecule has 0 spiro atoms. The minimum absolute atomic E-state index is 0.226. The Kier molecular flexibility index (Phi) is 8.04. The molecular formula is C33H27Cl3O2. The van der Waals surface area contributed by atoms with Crippen LogP contribution >= 0.6 is 34.8 Å². The Hall–Kier alpha value is -2.91. The summed E-state index contributed by atoms with van der Waals surface area (Å²) < 4.78 is 0. The maximum absolute atomic E-state index is 12.0. The molecule has 0 aromatic heterocycles. The number of rotatable bonds is 2. The van der Waals surface area contributed by atoms with Gasteiger partial charge in [0.25, 0.3) is 0 Å². The number of aryl methyl sites for hydroxylation is 1. The monoisotopic (exact) mass is 560 g/mol. The van der Waals surface area contributed by atoms with E-state index in [9.17, 15) is 9.59 Å². The highest BCUT2D eigenvalue weighted by atomic mass is 35.5. The molecule has 2 aliphatic carbocycles. The third-order valence-electron chi connectivity index (χ3n) is 7.52. The third-order valence-corrected chi connectivity index (χ3v) is 8.69. The summed E-state index contributed by atoms with van der Waals surface area (Å²) in [7, 11) is 0. The van der Waals surface area contributed by atoms with E-state index in [4.69, 9.17) is 34.8 Å². The maximum Gasteiger partial charge on any atom is 0.163 e. The van der Waals surface area contributed by atoms with Crippen molar-refractivity contribution in [2.75, 3.05) is 0 Å². The van der Waals surface area contributed by atoms with Gasteiger partial charge in [0.1, 0.15) is 0 Å². The van der Waals surface area contributed by atoms with E-state index in [2.05, 4.69) is 18.2 Å². The first-order valence-corrected chi connectivity index (χ1v) is 13.9. The number of ketones is 2. The van der Waals surface area contributed by atoms with Crippen LogP contribution in [0.3, 0.4) is 0 Å². The second-order valence-corrected chi connectivity index (χ2v) is 11.1. The first-order valence-electron chi connectivity index (χ1n) is 12.8. The van der Waals surface area contributed by atoms with E-state index >= 15 is 0 Å². The predicted octanol–water partition coefficient (Wildman–Crippen LogP) is 9.86. The van der Waals surface area contributed by atoms with Gasteiger partial charge in [-0.3, -0.25) is 9.59 Å². The molecule has 192 valence electrons. The molecule has 38 heavy (non-hydrogen) atoms. The molecule has 4 aromatic carbocycles. The Bertz CT molecular complexity index is 1410. The lowest BCUT2D eigenvalue weighted by atomic mass is 9.78. The molecule has 0 radical (unpaired) electrons. The molecule has 2 atom stereocenters. The molecule has 2 nitrogen and oxygen atoms in total. The van der Waals surface area contributed by atoms with Crippen LogP contribution in [0, 0.1) is 6.92 Å². The molecule has 0 saturated heterocycles. The highest BCUT2D eigenvalue weighted by molar-refractivity contribution is 6.42. The van der Waals surface area contributed by atoms with Gasteiger partial charge in [0.15, 0.2) is 11.6 Å². The van der Waals surface area contributed by atoms with Crippen molar-refractivity contribution in [1.82, 2.24) is 0 Å². The number of carbonyl (C=O) groups excluding carboxylic acids is 2. The molecule has 0 heterocycles. The number of fused-ring (bicyclic) bond motifs is 2. The van der Waals surface area contributed by atoms with Crippen LogP contribution in [-0.4, -0.2) is 11.6 Å². The summed E-state index contributed by atoms with van der Waals surface area (Å²) in [6, 6.07) is 27.6. The molecule has 4 aromatic rings. The Morgan fingerprint density at radius 2 is 1.05 bits per heavy atom. The molecule has 0 saturated carbocycles. The Labute approximate surface area is 238 Å². The van der Waals surface area contributed by atoms with Crippen molar-refractivity contribution in [3.05, 3.63) is 139 Å². The first kappa shape index (κ1) is 26.7. The van der Waals surface area contributed by atoms with Gasteiger partial charge < -0.3 is 0 Å². The van der Waals surface area contributed by atoms with E-state index in [1.54, 1.807) is 0 Å². The molecule has 2 aliphatic rings. The zero-order valence-electron chi connectivity index (χ0n) is 21.0. The van der Waals surface area contributed by atoms with Crippen molar-refractivity contribution in [1.29, 1.82) is 0 Å². The molecular weight excluding hydrogens is 535 g/mol. The normalized spacial score (nSPS) is 18.2. The molecule has 5 heteroatoms. The van der Waals surface area contributed by atoms with Gasteiger partial charge in [-0.15, -0.1) is 0 Å². The molecule has 0 unspecified atom stereocenters. The lowest BCUT2D eigenvalue weighted by Crippen LogP contribution is -2.16. The fraction of sp³-hybridized carbons (Fsp3) is 0.212. The van der Waals surface area contributed by atoms with Crippen molar-refractivity contribution in [3.8, 4) is 0 Å². The van der Waals surface area contributed by atoms with Gasteiger partial charge >= 0.3 is 0 Å². The van der Waals surface area contributed by atoms with E-state index in [0.29, 0.717) is 28.8 Å². The van der Waals surface area contributed by atoms with Gasteiger partial charge in [-0.05, 0) is 65.8 Å². The summed E-state index contributed by atoms with van der Waals surface area (Å²) in [5, 5.41) is 1.92. The second kappa shape index (κ2) is 11.5. The Morgan fingerprint density at radius 1 is 0.579 bits per heavy atom. The molecule has 0 amide bonds. The van der Waals surface area contributed by atoms with Gasteiger partial charge in [0.05, 0.1) is 10.0 Å². The number of hydrogen-bond acceptors (Lipinski definition) is 2. The average molecular weight is 562 g/mol. The highest BCUT2D eigenvalue weighted by Gasteiger charge is 2.27. The van der Waals surface area contributed by atoms with Crippen LogP contribution in [0.2, 0.25) is 15.1 Å². The third kappa shape index (κ3) is 5.45. The van der Waals surface area contributed by atoms with Crippen molar-refractivity contribution in [3.63, 3.8) is 0 Å². The van der Waals surface area contributed by atoms with E-state index in [1.807, 2.05) is 73.7 Å². The van der Waals surface area contributed by atoms with Crippen LogP contribution in [0.1, 0.15) is 86.1 Å². The van der Waals surface area contributed by atoms with Crippen LogP contribution in [0.25, 0.3) is 0 Å². The summed E-state index contributed by atoms with van der Waals surface area (Å²) in [5.74, 6) is 1.03. The lowest BCUT2D eigenvalue weighted by molar-refractivity contribution is 0.0961. The fourth-order valence-electron chi connectivity index (χ4n) is 5.55. The SMILES string of the molecule is Cc1cc([C@H]2CCC(=O)c3ccccc32)ccc1Cl.O=C1CC[C@@H](c2ccc(Cl)c(Cl)c2)c2ccccc21. The van der Waals surface area contributed by atoms with E-state index < -0.39 is 0 Å². The van der Waals surface area contributed by atoms with Crippen LogP contribution in [-0.2, 0) is 0 Å². The highest BCUT2D eigenvalue weighted by Crippen LogP contribution is 2.39. The maximum atomic E-state index is 12.0. The van der Waals surface area contributed by atoms with Crippen LogP contribution in [0.5, 0.6) is 0 Å². The second-order valence-electron chi connectivity index (χ2n) is 9.89. The summed E-state index contributed by atoms with van der Waals surface area (Å²) in [6.45, 7) is 2.02. The smallest absolute Gasteiger partial charge is 0.163 e. The summed E-state index contributed by atoms with van der Waals surface area (Å²) >= 11 is 18.1. The fourth-order valence-corrected chi connectivity index (χ4v) is 5.97. The van der Waals surface area contributed by atoms with E-state index in [1.165, 1.54) is 5.56 Å². The Balaban J connectivity index is 0.000000155. The van der Waals surface area contributed by atoms with Gasteiger partial charge in [-0.25, -0.2) is 0 Å². The van der Waals surface area contributed by atoms with Crippen molar-refractivity contribution in [2.45, 2.75) is 44.4 Å². The predicted molar refractivity (Wildman–Crippen MR) is 156 cm³/mol. The van der Waals surface area contributed by atoms with Gasteiger partial charge in [-0.1, -0.05) is 102 Å². The lowest BCUT2D eigenvalue weighted by Gasteiger charge is -2.25. The molecule has 0 fully saturated rings. The van der Waals surface area contributed by atoms with E-state index in [0.717, 1.165) is 51.2 Å². The summed E-state index contributed by atoms with van der Waals surface area (Å²) in [4.78, 5) is 23.9.